The van der Waals surface area contributed by atoms with Crippen molar-refractivity contribution in [2.24, 2.45) is 0 Å². The molecular formula is C18H25N4O2S+. The summed E-state index contributed by atoms with van der Waals surface area (Å²) in [5, 5.41) is 4.23. The molecule has 1 aromatic carbocycles. The molecule has 25 heavy (non-hydrogen) atoms. The van der Waals surface area contributed by atoms with Gasteiger partial charge in [0.2, 0.25) is 5.91 Å². The molecule has 0 spiro atoms. The van der Waals surface area contributed by atoms with E-state index in [1.54, 1.807) is 4.57 Å². The van der Waals surface area contributed by atoms with Crippen molar-refractivity contribution in [3.63, 3.8) is 0 Å². The first-order chi connectivity index (χ1) is 12.0. The van der Waals surface area contributed by atoms with Crippen LogP contribution in [0.25, 0.3) is 10.9 Å². The zero-order valence-corrected chi connectivity index (χ0v) is 15.6. The Bertz CT molecular complexity index is 814. The van der Waals surface area contributed by atoms with Crippen LogP contribution >= 0.6 is 11.8 Å². The Balaban J connectivity index is 1.82. The lowest BCUT2D eigenvalue weighted by Gasteiger charge is -2.14. The third kappa shape index (κ3) is 4.83. The van der Waals surface area contributed by atoms with E-state index in [9.17, 15) is 9.59 Å². The number of aromatic nitrogens is 2. The van der Waals surface area contributed by atoms with Crippen molar-refractivity contribution < 1.29 is 9.69 Å². The number of carbonyl (C=O) groups excluding carboxylic acids is 1. The van der Waals surface area contributed by atoms with Crippen LogP contribution in [0.3, 0.4) is 0 Å². The molecule has 1 heterocycles. The number of para-hydroxylation sites is 1. The van der Waals surface area contributed by atoms with E-state index in [0.717, 1.165) is 25.8 Å². The zero-order chi connectivity index (χ0) is 17.8. The average Bonchev–Trinajstić information content (AvgIpc) is 3.39. The van der Waals surface area contributed by atoms with Crippen molar-refractivity contribution in [2.75, 3.05) is 26.4 Å². The Morgan fingerprint density at radius 2 is 2.12 bits per heavy atom. The van der Waals surface area contributed by atoms with Crippen LogP contribution in [0, 0.1) is 0 Å². The molecule has 0 radical (unpaired) electrons. The Morgan fingerprint density at radius 3 is 2.84 bits per heavy atom. The van der Waals surface area contributed by atoms with Gasteiger partial charge < -0.3 is 10.2 Å². The van der Waals surface area contributed by atoms with Crippen LogP contribution in [0.5, 0.6) is 0 Å². The molecule has 2 N–H and O–H groups in total. The Morgan fingerprint density at radius 1 is 1.36 bits per heavy atom. The van der Waals surface area contributed by atoms with E-state index in [4.69, 9.17) is 0 Å². The predicted octanol–water partition coefficient (Wildman–Crippen LogP) is 0.302. The molecule has 3 rings (SSSR count). The number of carbonyl (C=O) groups is 1. The Kier molecular flexibility index (Phi) is 5.75. The first-order valence-corrected chi connectivity index (χ1v) is 9.74. The van der Waals surface area contributed by atoms with E-state index in [0.29, 0.717) is 34.4 Å². The van der Waals surface area contributed by atoms with E-state index < -0.39 is 0 Å². The smallest absolute Gasteiger partial charge is 0.262 e. The van der Waals surface area contributed by atoms with E-state index in [-0.39, 0.29) is 11.5 Å². The number of rotatable bonds is 8. The molecule has 1 saturated carbocycles. The van der Waals surface area contributed by atoms with Gasteiger partial charge in [-0.1, -0.05) is 23.9 Å². The number of fused-ring (bicyclic) bond motifs is 1. The highest BCUT2D eigenvalue weighted by Gasteiger charge is 2.23. The molecule has 0 saturated heterocycles. The molecule has 134 valence electrons. The lowest BCUT2D eigenvalue weighted by atomic mass is 10.2. The third-order valence-corrected chi connectivity index (χ3v) is 5.14. The molecule has 1 aliphatic rings. The largest absolute Gasteiger partial charge is 0.353 e. The summed E-state index contributed by atoms with van der Waals surface area (Å²) in [5.74, 6) is 0.305. The van der Waals surface area contributed by atoms with Gasteiger partial charge in [0.25, 0.3) is 5.56 Å². The molecule has 0 atom stereocenters. The second-order valence-electron chi connectivity index (χ2n) is 6.81. The molecule has 0 bridgehead atoms. The van der Waals surface area contributed by atoms with Gasteiger partial charge in [-0.2, -0.15) is 0 Å². The molecule has 2 aromatic rings. The molecule has 0 aliphatic heterocycles. The maximum absolute atomic E-state index is 12.9. The highest BCUT2D eigenvalue weighted by Crippen LogP contribution is 2.21. The van der Waals surface area contributed by atoms with Gasteiger partial charge in [-0.15, -0.1) is 0 Å². The standard InChI is InChI=1S/C18H24N4O2S/c1-21(2)10-5-11-22-17(24)14-6-3-4-7-15(14)20-18(22)25-12-16(23)19-13-8-9-13/h3-4,6-7,13H,5,8-12H2,1-2H3,(H,19,23)/p+1. The summed E-state index contributed by atoms with van der Waals surface area (Å²) in [6.45, 7) is 1.60. The normalized spacial score (nSPS) is 14.2. The maximum Gasteiger partial charge on any atom is 0.262 e. The number of hydrogen-bond acceptors (Lipinski definition) is 4. The van der Waals surface area contributed by atoms with Gasteiger partial charge in [-0.05, 0) is 25.0 Å². The quantitative estimate of drug-likeness (QED) is 0.524. The molecule has 1 aromatic heterocycles. The van der Waals surface area contributed by atoms with Crippen molar-refractivity contribution >= 4 is 28.6 Å². The first-order valence-electron chi connectivity index (χ1n) is 8.75. The molecule has 1 aliphatic carbocycles. The summed E-state index contributed by atoms with van der Waals surface area (Å²) < 4.78 is 1.72. The summed E-state index contributed by atoms with van der Waals surface area (Å²) in [6.07, 6.45) is 3.04. The topological polar surface area (TPSA) is 68.4 Å². The maximum atomic E-state index is 12.9. The van der Waals surface area contributed by atoms with Crippen LogP contribution in [-0.2, 0) is 11.3 Å². The van der Waals surface area contributed by atoms with Crippen molar-refractivity contribution in [1.82, 2.24) is 14.9 Å². The number of amides is 1. The number of hydrogen-bond donors (Lipinski definition) is 2. The van der Waals surface area contributed by atoms with Gasteiger partial charge in [0, 0.05) is 19.0 Å². The summed E-state index contributed by atoms with van der Waals surface area (Å²) in [6, 6.07) is 7.74. The summed E-state index contributed by atoms with van der Waals surface area (Å²) >= 11 is 1.35. The Labute approximate surface area is 151 Å². The van der Waals surface area contributed by atoms with Crippen molar-refractivity contribution in [1.29, 1.82) is 0 Å². The van der Waals surface area contributed by atoms with Crippen LogP contribution in [0.15, 0.2) is 34.2 Å². The number of thioether (sulfide) groups is 1. The predicted molar refractivity (Wildman–Crippen MR) is 100 cm³/mol. The SMILES string of the molecule is C[NH+](C)CCCn1c(SCC(=O)NC2CC2)nc2ccccc2c1=O. The molecular weight excluding hydrogens is 336 g/mol. The van der Waals surface area contributed by atoms with Gasteiger partial charge in [0.15, 0.2) is 5.16 Å². The van der Waals surface area contributed by atoms with Gasteiger partial charge in [0.1, 0.15) is 0 Å². The molecule has 7 heteroatoms. The minimum Gasteiger partial charge on any atom is -0.353 e. The van der Waals surface area contributed by atoms with Crippen LogP contribution in [0.4, 0.5) is 0 Å². The fraction of sp³-hybridized carbons (Fsp3) is 0.500. The number of nitrogens with one attached hydrogen (secondary N) is 2. The number of benzene rings is 1. The molecule has 1 fully saturated rings. The van der Waals surface area contributed by atoms with Gasteiger partial charge in [-0.25, -0.2) is 4.98 Å². The van der Waals surface area contributed by atoms with Crippen molar-refractivity contribution in [3.8, 4) is 0 Å². The van der Waals surface area contributed by atoms with Gasteiger partial charge in [-0.3, -0.25) is 14.2 Å². The van der Waals surface area contributed by atoms with Crippen LogP contribution < -0.4 is 15.8 Å². The summed E-state index contributed by atoms with van der Waals surface area (Å²) in [5.41, 5.74) is 0.663. The molecule has 1 amide bonds. The number of quaternary nitrogens is 1. The lowest BCUT2D eigenvalue weighted by molar-refractivity contribution is -0.858. The fourth-order valence-corrected chi connectivity index (χ4v) is 3.51. The lowest BCUT2D eigenvalue weighted by Crippen LogP contribution is -3.05. The molecule has 6 nitrogen and oxygen atoms in total. The van der Waals surface area contributed by atoms with Crippen LogP contribution in [0.1, 0.15) is 19.3 Å². The minimum absolute atomic E-state index is 0.0131. The fourth-order valence-electron chi connectivity index (χ4n) is 2.67. The van der Waals surface area contributed by atoms with Crippen molar-refractivity contribution in [2.45, 2.75) is 37.0 Å². The second-order valence-corrected chi connectivity index (χ2v) is 7.75. The minimum atomic E-state index is -0.0237. The Hall–Kier alpha value is -1.86. The average molecular weight is 361 g/mol. The summed E-state index contributed by atoms with van der Waals surface area (Å²) in [7, 11) is 4.19. The van der Waals surface area contributed by atoms with Gasteiger partial charge in [0.05, 0.1) is 37.3 Å². The summed E-state index contributed by atoms with van der Waals surface area (Å²) in [4.78, 5) is 30.8. The van der Waals surface area contributed by atoms with E-state index in [2.05, 4.69) is 24.4 Å². The highest BCUT2D eigenvalue weighted by atomic mass is 32.2. The monoisotopic (exact) mass is 361 g/mol. The van der Waals surface area contributed by atoms with Gasteiger partial charge >= 0.3 is 0 Å². The zero-order valence-electron chi connectivity index (χ0n) is 14.7. The number of nitrogens with zero attached hydrogens (tertiary/aromatic N) is 2. The van der Waals surface area contributed by atoms with Crippen molar-refractivity contribution in [3.05, 3.63) is 34.6 Å². The third-order valence-electron chi connectivity index (χ3n) is 4.16. The van der Waals surface area contributed by atoms with E-state index in [1.807, 2.05) is 24.3 Å². The highest BCUT2D eigenvalue weighted by molar-refractivity contribution is 7.99. The molecule has 0 unspecified atom stereocenters. The van der Waals surface area contributed by atoms with E-state index >= 15 is 0 Å². The first kappa shape index (κ1) is 17.9. The van der Waals surface area contributed by atoms with Crippen LogP contribution in [-0.4, -0.2) is 47.9 Å². The second kappa shape index (κ2) is 8.01. The van der Waals surface area contributed by atoms with Crippen LogP contribution in [0.2, 0.25) is 0 Å². The van der Waals surface area contributed by atoms with E-state index in [1.165, 1.54) is 16.7 Å².